The van der Waals surface area contributed by atoms with E-state index >= 15 is 0 Å². The van der Waals surface area contributed by atoms with Crippen molar-refractivity contribution in [2.24, 2.45) is 5.92 Å². The second-order valence-electron chi connectivity index (χ2n) is 7.55. The minimum atomic E-state index is -0.234. The van der Waals surface area contributed by atoms with Gasteiger partial charge < -0.3 is 19.7 Å². The molecule has 1 heterocycles. The molecule has 3 rings (SSSR count). The smallest absolute Gasteiger partial charge is 0.254 e. The molecule has 1 aliphatic heterocycles. The normalized spacial score (nSPS) is 22.5. The average molecular weight is 374 g/mol. The molecule has 1 N–H and O–H groups in total. The summed E-state index contributed by atoms with van der Waals surface area (Å²) in [6.07, 6.45) is 5.93. The van der Waals surface area contributed by atoms with Crippen molar-refractivity contribution in [3.8, 4) is 0 Å². The maximum Gasteiger partial charge on any atom is 0.254 e. The quantitative estimate of drug-likeness (QED) is 0.759. The summed E-state index contributed by atoms with van der Waals surface area (Å²) in [7, 11) is 1.48. The van der Waals surface area contributed by atoms with Crippen LogP contribution in [0, 0.1) is 5.92 Å². The Morgan fingerprint density at radius 2 is 2.11 bits per heavy atom. The van der Waals surface area contributed by atoms with Gasteiger partial charge in [-0.15, -0.1) is 0 Å². The Labute approximate surface area is 161 Å². The first-order valence-electron chi connectivity index (χ1n) is 9.94. The summed E-state index contributed by atoms with van der Waals surface area (Å²) in [4.78, 5) is 26.8. The lowest BCUT2D eigenvalue weighted by molar-refractivity contribution is -0.119. The lowest BCUT2D eigenvalue weighted by Gasteiger charge is -2.38. The second-order valence-corrected chi connectivity index (χ2v) is 7.55. The molecule has 0 bridgehead atoms. The van der Waals surface area contributed by atoms with E-state index in [0.717, 1.165) is 19.3 Å². The number of hydrogen-bond donors (Lipinski definition) is 1. The molecular formula is C21H30N2O4. The highest BCUT2D eigenvalue weighted by Crippen LogP contribution is 2.37. The van der Waals surface area contributed by atoms with Crippen LogP contribution in [0.25, 0.3) is 0 Å². The minimum Gasteiger partial charge on any atom is -0.375 e. The number of ether oxygens (including phenoxy) is 2. The summed E-state index contributed by atoms with van der Waals surface area (Å²) in [6.45, 7) is 3.46. The predicted octanol–water partition coefficient (Wildman–Crippen LogP) is 3.08. The third-order valence-corrected chi connectivity index (χ3v) is 5.17. The third kappa shape index (κ3) is 5.53. The van der Waals surface area contributed by atoms with Gasteiger partial charge in [-0.1, -0.05) is 25.8 Å². The Balaban J connectivity index is 1.68. The summed E-state index contributed by atoms with van der Waals surface area (Å²) in [6, 6.07) is 7.11. The molecule has 2 fully saturated rings. The molecule has 148 valence electrons. The lowest BCUT2D eigenvalue weighted by Crippen LogP contribution is -2.50. The fourth-order valence-electron chi connectivity index (χ4n) is 3.60. The molecule has 1 saturated carbocycles. The van der Waals surface area contributed by atoms with Gasteiger partial charge in [0, 0.05) is 31.5 Å². The molecule has 1 aliphatic carbocycles. The molecule has 2 atom stereocenters. The number of anilines is 1. The van der Waals surface area contributed by atoms with E-state index in [9.17, 15) is 9.59 Å². The molecule has 6 heteroatoms. The van der Waals surface area contributed by atoms with Crippen molar-refractivity contribution in [1.29, 1.82) is 0 Å². The highest BCUT2D eigenvalue weighted by molar-refractivity contribution is 5.97. The number of nitrogens with one attached hydrogen (secondary N) is 1. The molecule has 1 aromatic rings. The van der Waals surface area contributed by atoms with Crippen LogP contribution in [0.4, 0.5) is 5.69 Å². The number of unbranched alkanes of at least 4 members (excludes halogenated alkanes) is 1. The van der Waals surface area contributed by atoms with Crippen molar-refractivity contribution in [2.45, 2.75) is 51.2 Å². The number of carbonyl (C=O) groups is 2. The molecule has 0 aromatic heterocycles. The number of rotatable bonds is 8. The van der Waals surface area contributed by atoms with Crippen LogP contribution in [0.3, 0.4) is 0 Å². The number of benzene rings is 1. The topological polar surface area (TPSA) is 67.9 Å². The van der Waals surface area contributed by atoms with Crippen LogP contribution < -0.4 is 5.32 Å². The molecule has 1 saturated heterocycles. The van der Waals surface area contributed by atoms with Gasteiger partial charge in [-0.3, -0.25) is 9.59 Å². The molecule has 6 nitrogen and oxygen atoms in total. The van der Waals surface area contributed by atoms with Crippen LogP contribution in [-0.2, 0) is 14.3 Å². The molecular weight excluding hydrogens is 344 g/mol. The van der Waals surface area contributed by atoms with Gasteiger partial charge >= 0.3 is 0 Å². The fraction of sp³-hybridized carbons (Fsp3) is 0.619. The number of amides is 2. The van der Waals surface area contributed by atoms with Gasteiger partial charge in [-0.2, -0.15) is 0 Å². The third-order valence-electron chi connectivity index (χ3n) is 5.17. The van der Waals surface area contributed by atoms with Gasteiger partial charge in [-0.25, -0.2) is 0 Å². The molecule has 0 radical (unpaired) electrons. The lowest BCUT2D eigenvalue weighted by atomic mass is 10.1. The Morgan fingerprint density at radius 1 is 1.30 bits per heavy atom. The van der Waals surface area contributed by atoms with Gasteiger partial charge in [0.25, 0.3) is 5.91 Å². The first-order valence-corrected chi connectivity index (χ1v) is 9.94. The van der Waals surface area contributed by atoms with Crippen LogP contribution in [0.1, 0.15) is 49.4 Å². The number of morpholine rings is 1. The predicted molar refractivity (Wildman–Crippen MR) is 104 cm³/mol. The first kappa shape index (κ1) is 19.8. The van der Waals surface area contributed by atoms with Gasteiger partial charge in [0.2, 0.25) is 5.91 Å². The van der Waals surface area contributed by atoms with Gasteiger partial charge in [0.15, 0.2) is 0 Å². The summed E-state index contributed by atoms with van der Waals surface area (Å²) in [5.74, 6) is 0.375. The molecule has 1 aromatic carbocycles. The van der Waals surface area contributed by atoms with Crippen LogP contribution in [-0.4, -0.2) is 55.7 Å². The van der Waals surface area contributed by atoms with Crippen LogP contribution in [0.5, 0.6) is 0 Å². The number of methoxy groups -OCH3 is 1. The second kappa shape index (κ2) is 9.33. The zero-order valence-corrected chi connectivity index (χ0v) is 16.3. The summed E-state index contributed by atoms with van der Waals surface area (Å²) in [5.41, 5.74) is 1.20. The van der Waals surface area contributed by atoms with Crippen molar-refractivity contribution >= 4 is 17.5 Å². The Hall–Kier alpha value is -1.92. The van der Waals surface area contributed by atoms with Crippen LogP contribution in [0.2, 0.25) is 0 Å². The number of carbonyl (C=O) groups excluding carboxylic acids is 2. The van der Waals surface area contributed by atoms with E-state index in [1.54, 1.807) is 24.3 Å². The van der Waals surface area contributed by atoms with Crippen molar-refractivity contribution < 1.29 is 19.1 Å². The Bertz CT molecular complexity index is 659. The van der Waals surface area contributed by atoms with E-state index < -0.39 is 0 Å². The van der Waals surface area contributed by atoms with Crippen molar-refractivity contribution in [2.75, 3.05) is 32.1 Å². The molecule has 2 aliphatic rings. The molecule has 27 heavy (non-hydrogen) atoms. The highest BCUT2D eigenvalue weighted by atomic mass is 16.5. The highest BCUT2D eigenvalue weighted by Gasteiger charge is 2.39. The van der Waals surface area contributed by atoms with E-state index in [1.165, 1.54) is 20.0 Å². The molecule has 0 unspecified atom stereocenters. The van der Waals surface area contributed by atoms with E-state index in [1.807, 2.05) is 4.90 Å². The minimum absolute atomic E-state index is 0.00767. The summed E-state index contributed by atoms with van der Waals surface area (Å²) >= 11 is 0. The van der Waals surface area contributed by atoms with E-state index in [2.05, 4.69) is 12.2 Å². The van der Waals surface area contributed by atoms with E-state index in [0.29, 0.717) is 30.3 Å². The summed E-state index contributed by atoms with van der Waals surface area (Å²) in [5, 5.41) is 2.76. The van der Waals surface area contributed by atoms with Gasteiger partial charge in [0.1, 0.15) is 6.61 Å². The number of hydrogen-bond acceptors (Lipinski definition) is 4. The van der Waals surface area contributed by atoms with E-state index in [4.69, 9.17) is 9.47 Å². The Morgan fingerprint density at radius 3 is 2.81 bits per heavy atom. The maximum atomic E-state index is 13.1. The van der Waals surface area contributed by atoms with Crippen molar-refractivity contribution in [3.05, 3.63) is 29.8 Å². The summed E-state index contributed by atoms with van der Waals surface area (Å²) < 4.78 is 11.1. The van der Waals surface area contributed by atoms with Crippen molar-refractivity contribution in [1.82, 2.24) is 4.90 Å². The molecule has 2 amide bonds. The van der Waals surface area contributed by atoms with E-state index in [-0.39, 0.29) is 30.6 Å². The monoisotopic (exact) mass is 374 g/mol. The van der Waals surface area contributed by atoms with Crippen LogP contribution >= 0.6 is 0 Å². The number of nitrogens with zero attached hydrogens (tertiary/aromatic N) is 1. The van der Waals surface area contributed by atoms with Gasteiger partial charge in [0.05, 0.1) is 12.2 Å². The fourth-order valence-corrected chi connectivity index (χ4v) is 3.60. The largest absolute Gasteiger partial charge is 0.375 e. The van der Waals surface area contributed by atoms with Crippen molar-refractivity contribution in [3.63, 3.8) is 0 Å². The zero-order valence-electron chi connectivity index (χ0n) is 16.3. The average Bonchev–Trinajstić information content (AvgIpc) is 3.51. The van der Waals surface area contributed by atoms with Crippen LogP contribution in [0.15, 0.2) is 24.3 Å². The molecule has 0 spiro atoms. The first-order chi connectivity index (χ1) is 13.1. The Kier molecular flexibility index (Phi) is 6.85. The van der Waals surface area contributed by atoms with Gasteiger partial charge in [-0.05, 0) is 43.4 Å². The SMILES string of the molecule is CCCC[C@@H]1CN(C(=O)c2cccc(NC(=O)COC)c2)C[C@H](C2CC2)O1. The zero-order chi connectivity index (χ0) is 19.2. The maximum absolute atomic E-state index is 13.1. The standard InChI is InChI=1S/C21H30N2O4/c1-3-4-8-18-12-23(13-19(27-18)15-9-10-15)21(25)16-6-5-7-17(11-16)22-20(24)14-26-2/h5-7,11,15,18-19H,3-4,8-10,12-14H2,1-2H3,(H,22,24)/t18-,19-/m1/s1.